The Kier molecular flexibility index (Phi) is 6.36. The molecule has 0 saturated heterocycles. The molecule has 0 amide bonds. The molecule has 7 heteroatoms. The van der Waals surface area contributed by atoms with Crippen LogP contribution in [0.25, 0.3) is 0 Å². The molecular formula is C11H20F3NO2S. The van der Waals surface area contributed by atoms with Crippen LogP contribution >= 0.6 is 0 Å². The highest BCUT2D eigenvalue weighted by Gasteiger charge is 2.46. The molecule has 0 radical (unpaired) electrons. The van der Waals surface area contributed by atoms with E-state index < -0.39 is 21.6 Å². The van der Waals surface area contributed by atoms with Crippen LogP contribution in [-0.2, 0) is 10.0 Å². The Labute approximate surface area is 107 Å². The van der Waals surface area contributed by atoms with Gasteiger partial charge in [0.15, 0.2) is 0 Å². The molecule has 0 aliphatic heterocycles. The van der Waals surface area contributed by atoms with Crippen molar-refractivity contribution in [3.8, 4) is 0 Å². The first kappa shape index (κ1) is 17.4. The van der Waals surface area contributed by atoms with Gasteiger partial charge in [-0.2, -0.15) is 13.2 Å². The maximum atomic E-state index is 12.2. The summed E-state index contributed by atoms with van der Waals surface area (Å²) in [5.41, 5.74) is -3.07. The molecule has 18 heavy (non-hydrogen) atoms. The number of sulfonamides is 1. The first-order chi connectivity index (χ1) is 8.01. The Morgan fingerprint density at radius 3 is 2.06 bits per heavy atom. The van der Waals surface area contributed by atoms with Gasteiger partial charge in [-0.05, 0) is 40.0 Å². The average molecular weight is 287 g/mol. The lowest BCUT2D eigenvalue weighted by molar-refractivity contribution is -0.0451. The molecule has 0 rings (SSSR count). The van der Waals surface area contributed by atoms with Gasteiger partial charge in [0, 0.05) is 6.04 Å². The van der Waals surface area contributed by atoms with Gasteiger partial charge in [-0.25, -0.2) is 13.1 Å². The maximum absolute atomic E-state index is 12.2. The zero-order valence-electron chi connectivity index (χ0n) is 11.1. The zero-order valence-corrected chi connectivity index (χ0v) is 11.9. The van der Waals surface area contributed by atoms with Crippen molar-refractivity contribution in [3.63, 3.8) is 0 Å². The van der Waals surface area contributed by atoms with Gasteiger partial charge in [0.2, 0.25) is 0 Å². The summed E-state index contributed by atoms with van der Waals surface area (Å²) in [4.78, 5) is 0. The number of nitrogens with one attached hydrogen (secondary N) is 1. The van der Waals surface area contributed by atoms with E-state index in [4.69, 9.17) is 0 Å². The van der Waals surface area contributed by atoms with E-state index in [1.807, 2.05) is 20.8 Å². The van der Waals surface area contributed by atoms with Crippen molar-refractivity contribution in [1.82, 2.24) is 4.72 Å². The maximum Gasteiger partial charge on any atom is 0.511 e. The first-order valence-electron chi connectivity index (χ1n) is 5.72. The lowest BCUT2D eigenvalue weighted by atomic mass is 10.0. The SMILES string of the molecule is CC[C@H](CCC(C)=C(C)C)NS(=O)(=O)C(F)(F)F. The van der Waals surface area contributed by atoms with Crippen LogP contribution in [0.1, 0.15) is 47.0 Å². The Morgan fingerprint density at radius 2 is 1.72 bits per heavy atom. The minimum atomic E-state index is -5.24. The van der Waals surface area contributed by atoms with Crippen LogP contribution in [0.3, 0.4) is 0 Å². The van der Waals surface area contributed by atoms with E-state index in [9.17, 15) is 21.6 Å². The second-order valence-electron chi connectivity index (χ2n) is 4.49. The smallest absolute Gasteiger partial charge is 0.204 e. The summed E-state index contributed by atoms with van der Waals surface area (Å²) in [6.45, 7) is 7.37. The molecule has 1 atom stereocenters. The third kappa shape index (κ3) is 5.39. The molecular weight excluding hydrogens is 267 g/mol. The lowest BCUT2D eigenvalue weighted by Gasteiger charge is -2.18. The van der Waals surface area contributed by atoms with Crippen LogP contribution in [0.15, 0.2) is 11.1 Å². The molecule has 0 fully saturated rings. The normalized spacial score (nSPS) is 14.4. The van der Waals surface area contributed by atoms with Gasteiger partial charge < -0.3 is 0 Å². The molecule has 3 nitrogen and oxygen atoms in total. The number of hydrogen-bond acceptors (Lipinski definition) is 2. The average Bonchev–Trinajstić information content (AvgIpc) is 2.21. The van der Waals surface area contributed by atoms with Gasteiger partial charge in [-0.1, -0.05) is 18.1 Å². The van der Waals surface area contributed by atoms with Gasteiger partial charge in [0.05, 0.1) is 0 Å². The number of hydrogen-bond donors (Lipinski definition) is 1. The van der Waals surface area contributed by atoms with E-state index in [2.05, 4.69) is 0 Å². The molecule has 1 N–H and O–H groups in total. The van der Waals surface area contributed by atoms with Crippen molar-refractivity contribution >= 4 is 10.0 Å². The predicted octanol–water partition coefficient (Wildman–Crippen LogP) is 3.34. The van der Waals surface area contributed by atoms with Crippen molar-refractivity contribution in [2.24, 2.45) is 0 Å². The van der Waals surface area contributed by atoms with E-state index in [1.165, 1.54) is 0 Å². The molecule has 0 unspecified atom stereocenters. The lowest BCUT2D eigenvalue weighted by Crippen LogP contribution is -2.42. The van der Waals surface area contributed by atoms with Crippen LogP contribution in [0.2, 0.25) is 0 Å². The summed E-state index contributed by atoms with van der Waals surface area (Å²) in [5, 5.41) is 0. The fourth-order valence-electron chi connectivity index (χ4n) is 1.27. The van der Waals surface area contributed by atoms with E-state index in [-0.39, 0.29) is 0 Å². The first-order valence-corrected chi connectivity index (χ1v) is 7.21. The summed E-state index contributed by atoms with van der Waals surface area (Å²) >= 11 is 0. The van der Waals surface area contributed by atoms with Crippen molar-refractivity contribution in [3.05, 3.63) is 11.1 Å². The highest BCUT2D eigenvalue weighted by atomic mass is 32.2. The summed E-state index contributed by atoms with van der Waals surface area (Å²) in [5.74, 6) is 0. The van der Waals surface area contributed by atoms with Crippen LogP contribution < -0.4 is 4.72 Å². The van der Waals surface area contributed by atoms with Crippen molar-refractivity contribution < 1.29 is 21.6 Å². The Balaban J connectivity index is 4.61. The summed E-state index contributed by atoms with van der Waals surface area (Å²) in [6, 6.07) is -0.689. The third-order valence-electron chi connectivity index (χ3n) is 2.84. The van der Waals surface area contributed by atoms with Crippen LogP contribution in [-0.4, -0.2) is 20.0 Å². The Bertz CT molecular complexity index is 395. The van der Waals surface area contributed by atoms with Gasteiger partial charge >= 0.3 is 15.5 Å². The second-order valence-corrected chi connectivity index (χ2v) is 6.20. The van der Waals surface area contributed by atoms with Crippen molar-refractivity contribution in [1.29, 1.82) is 0 Å². The van der Waals surface area contributed by atoms with Crippen LogP contribution in [0.5, 0.6) is 0 Å². The highest BCUT2D eigenvalue weighted by Crippen LogP contribution is 2.23. The Morgan fingerprint density at radius 1 is 1.22 bits per heavy atom. The second kappa shape index (κ2) is 6.56. The van der Waals surface area contributed by atoms with E-state index in [1.54, 1.807) is 11.6 Å². The molecule has 0 heterocycles. The molecule has 0 aliphatic rings. The Hall–Kier alpha value is -0.560. The van der Waals surface area contributed by atoms with Crippen molar-refractivity contribution in [2.75, 3.05) is 0 Å². The highest BCUT2D eigenvalue weighted by molar-refractivity contribution is 7.90. The molecule has 0 spiro atoms. The molecule has 0 aromatic rings. The van der Waals surface area contributed by atoms with Crippen LogP contribution in [0.4, 0.5) is 13.2 Å². The van der Waals surface area contributed by atoms with Crippen LogP contribution in [0, 0.1) is 0 Å². The number of alkyl halides is 3. The minimum absolute atomic E-state index is 0.325. The summed E-state index contributed by atoms with van der Waals surface area (Å²) in [6.07, 6.45) is 1.27. The van der Waals surface area contributed by atoms with E-state index in [0.29, 0.717) is 19.3 Å². The van der Waals surface area contributed by atoms with E-state index >= 15 is 0 Å². The zero-order chi connectivity index (χ0) is 14.6. The number of allylic oxidation sites excluding steroid dienone is 2. The standard InChI is InChI=1S/C11H20F3NO2S/c1-5-10(7-6-9(4)8(2)3)15-18(16,17)11(12,13)14/h10,15H,5-7H2,1-4H3/t10-/m1/s1. The predicted molar refractivity (Wildman–Crippen MR) is 65.5 cm³/mol. The minimum Gasteiger partial charge on any atom is -0.204 e. The summed E-state index contributed by atoms with van der Waals surface area (Å²) < 4.78 is 60.2. The molecule has 0 aromatic heterocycles. The van der Waals surface area contributed by atoms with Gasteiger partial charge in [-0.15, -0.1) is 0 Å². The largest absolute Gasteiger partial charge is 0.511 e. The topological polar surface area (TPSA) is 46.2 Å². The van der Waals surface area contributed by atoms with Gasteiger partial charge in [0.25, 0.3) is 0 Å². The fraction of sp³-hybridized carbons (Fsp3) is 0.818. The molecule has 0 aliphatic carbocycles. The molecule has 0 saturated carbocycles. The van der Waals surface area contributed by atoms with Gasteiger partial charge in [0.1, 0.15) is 0 Å². The number of rotatable bonds is 6. The monoisotopic (exact) mass is 287 g/mol. The molecule has 0 bridgehead atoms. The number of halogens is 3. The molecule has 108 valence electrons. The van der Waals surface area contributed by atoms with E-state index in [0.717, 1.165) is 11.1 Å². The van der Waals surface area contributed by atoms with Crippen molar-refractivity contribution in [2.45, 2.75) is 58.5 Å². The summed E-state index contributed by atoms with van der Waals surface area (Å²) in [7, 11) is -5.24. The fourth-order valence-corrected chi connectivity index (χ4v) is 2.13. The third-order valence-corrected chi connectivity index (χ3v) is 4.09. The van der Waals surface area contributed by atoms with Gasteiger partial charge in [-0.3, -0.25) is 0 Å². The molecule has 0 aromatic carbocycles. The quantitative estimate of drug-likeness (QED) is 0.762.